The number of amides is 1. The van der Waals surface area contributed by atoms with E-state index in [2.05, 4.69) is 9.46 Å². The van der Waals surface area contributed by atoms with Gasteiger partial charge in [0.1, 0.15) is 11.5 Å². The molecular formula is C20H23F2N3O6S. The van der Waals surface area contributed by atoms with Crippen molar-refractivity contribution in [2.24, 2.45) is 0 Å². The molecule has 0 aliphatic carbocycles. The van der Waals surface area contributed by atoms with Crippen LogP contribution in [0.15, 0.2) is 47.4 Å². The number of anilines is 1. The van der Waals surface area contributed by atoms with E-state index in [1.165, 1.54) is 48.4 Å². The molecular weight excluding hydrogens is 448 g/mol. The lowest BCUT2D eigenvalue weighted by Gasteiger charge is -2.35. The van der Waals surface area contributed by atoms with Gasteiger partial charge in [0, 0.05) is 38.3 Å². The number of sulfonamides is 1. The molecule has 2 N–H and O–H groups in total. The molecule has 1 aliphatic heterocycles. The second-order valence-electron chi connectivity index (χ2n) is 6.90. The van der Waals surface area contributed by atoms with Crippen molar-refractivity contribution < 1.29 is 36.6 Å². The van der Waals surface area contributed by atoms with Crippen LogP contribution in [0.5, 0.6) is 11.5 Å². The minimum Gasteiger partial charge on any atom is -0.495 e. The van der Waals surface area contributed by atoms with Crippen molar-refractivity contribution in [1.29, 1.82) is 0 Å². The maximum atomic E-state index is 12.9. The first kappa shape index (κ1) is 23.5. The number of methoxy groups -OCH3 is 1. The smallest absolute Gasteiger partial charge is 0.407 e. The van der Waals surface area contributed by atoms with Gasteiger partial charge in [-0.1, -0.05) is 18.2 Å². The molecule has 3 rings (SSSR count). The molecule has 1 aliphatic rings. The van der Waals surface area contributed by atoms with E-state index < -0.39 is 22.7 Å². The SMILES string of the molecule is COc1ccc(S(=O)(=O)NCc2ccccc2OC(F)F)cc1N1CCN(C(=O)O)CC1. The number of ether oxygens (including phenoxy) is 2. The van der Waals surface area contributed by atoms with Gasteiger partial charge in [-0.25, -0.2) is 17.9 Å². The third kappa shape index (κ3) is 5.56. The molecule has 0 aromatic heterocycles. The van der Waals surface area contributed by atoms with E-state index in [-0.39, 0.29) is 35.8 Å². The number of halogens is 2. The summed E-state index contributed by atoms with van der Waals surface area (Å²) in [5.74, 6) is 0.334. The van der Waals surface area contributed by atoms with Gasteiger partial charge in [0.25, 0.3) is 0 Å². The fraction of sp³-hybridized carbons (Fsp3) is 0.350. The topological polar surface area (TPSA) is 108 Å². The van der Waals surface area contributed by atoms with Crippen molar-refractivity contribution in [1.82, 2.24) is 9.62 Å². The normalized spacial score (nSPS) is 14.5. The monoisotopic (exact) mass is 471 g/mol. The Morgan fingerprint density at radius 1 is 1.12 bits per heavy atom. The largest absolute Gasteiger partial charge is 0.495 e. The van der Waals surface area contributed by atoms with Crippen LogP contribution in [-0.2, 0) is 16.6 Å². The van der Waals surface area contributed by atoms with Crippen molar-refractivity contribution in [2.75, 3.05) is 38.2 Å². The highest BCUT2D eigenvalue weighted by molar-refractivity contribution is 7.89. The molecule has 1 saturated heterocycles. The second kappa shape index (κ2) is 10.0. The Kier molecular flexibility index (Phi) is 7.36. The summed E-state index contributed by atoms with van der Waals surface area (Å²) in [6, 6.07) is 10.2. The molecule has 1 amide bonds. The predicted molar refractivity (Wildman–Crippen MR) is 112 cm³/mol. The Morgan fingerprint density at radius 3 is 2.44 bits per heavy atom. The van der Waals surface area contributed by atoms with Gasteiger partial charge in [-0.15, -0.1) is 0 Å². The summed E-state index contributed by atoms with van der Waals surface area (Å²) in [4.78, 5) is 14.2. The Balaban J connectivity index is 1.79. The number of rotatable bonds is 8. The summed E-state index contributed by atoms with van der Waals surface area (Å²) in [6.45, 7) is -1.98. The number of carbonyl (C=O) groups is 1. The Bertz CT molecular complexity index is 1060. The van der Waals surface area contributed by atoms with Crippen LogP contribution in [0.25, 0.3) is 0 Å². The minimum absolute atomic E-state index is 0.0405. The van der Waals surface area contributed by atoms with Crippen LogP contribution >= 0.6 is 0 Å². The molecule has 0 atom stereocenters. The Morgan fingerprint density at radius 2 is 1.81 bits per heavy atom. The second-order valence-corrected chi connectivity index (χ2v) is 8.67. The molecule has 0 unspecified atom stereocenters. The van der Waals surface area contributed by atoms with Gasteiger partial charge in [-0.2, -0.15) is 8.78 Å². The molecule has 174 valence electrons. The summed E-state index contributed by atoms with van der Waals surface area (Å²) in [5.41, 5.74) is 0.775. The molecule has 9 nitrogen and oxygen atoms in total. The van der Waals surface area contributed by atoms with Crippen LogP contribution in [0, 0.1) is 0 Å². The number of carboxylic acid groups (broad SMARTS) is 1. The fourth-order valence-corrected chi connectivity index (χ4v) is 4.37. The summed E-state index contributed by atoms with van der Waals surface area (Å²) in [6.07, 6.45) is -1.01. The quantitative estimate of drug-likeness (QED) is 0.609. The van der Waals surface area contributed by atoms with Gasteiger partial charge in [0.15, 0.2) is 0 Å². The molecule has 0 bridgehead atoms. The van der Waals surface area contributed by atoms with Crippen LogP contribution in [0.2, 0.25) is 0 Å². The standard InChI is InChI=1S/C20H23F2N3O6S/c1-30-18-7-6-15(12-16(18)24-8-10-25(11-9-24)20(26)27)32(28,29)23-13-14-4-2-3-5-17(14)31-19(21)22/h2-7,12,19,23H,8-11,13H2,1H3,(H,26,27). The molecule has 1 fully saturated rings. The van der Waals surface area contributed by atoms with Gasteiger partial charge >= 0.3 is 12.7 Å². The molecule has 1 heterocycles. The molecule has 0 saturated carbocycles. The van der Waals surface area contributed by atoms with E-state index >= 15 is 0 Å². The zero-order valence-electron chi connectivity index (χ0n) is 17.2. The third-order valence-electron chi connectivity index (χ3n) is 4.99. The van der Waals surface area contributed by atoms with Gasteiger partial charge in [-0.05, 0) is 24.3 Å². The number of nitrogens with zero attached hydrogens (tertiary/aromatic N) is 2. The van der Waals surface area contributed by atoms with Gasteiger partial charge in [0.05, 0.1) is 17.7 Å². The van der Waals surface area contributed by atoms with Crippen molar-refractivity contribution in [2.45, 2.75) is 18.1 Å². The fourth-order valence-electron chi connectivity index (χ4n) is 3.34. The van der Waals surface area contributed by atoms with Crippen LogP contribution in [0.3, 0.4) is 0 Å². The third-order valence-corrected chi connectivity index (χ3v) is 6.39. The van der Waals surface area contributed by atoms with E-state index in [9.17, 15) is 22.0 Å². The van der Waals surface area contributed by atoms with Gasteiger partial charge in [0.2, 0.25) is 10.0 Å². The van der Waals surface area contributed by atoms with Gasteiger partial charge < -0.3 is 24.4 Å². The molecule has 2 aromatic carbocycles. The highest BCUT2D eigenvalue weighted by atomic mass is 32.2. The molecule has 0 radical (unpaired) electrons. The molecule has 32 heavy (non-hydrogen) atoms. The number of benzene rings is 2. The summed E-state index contributed by atoms with van der Waals surface area (Å²) >= 11 is 0. The zero-order valence-corrected chi connectivity index (χ0v) is 18.0. The van der Waals surface area contributed by atoms with Gasteiger partial charge in [-0.3, -0.25) is 0 Å². The van der Waals surface area contributed by atoms with E-state index in [0.29, 0.717) is 24.5 Å². The van der Waals surface area contributed by atoms with Crippen LogP contribution in [0.4, 0.5) is 19.3 Å². The summed E-state index contributed by atoms with van der Waals surface area (Å²) < 4.78 is 63.1. The molecule has 12 heteroatoms. The van der Waals surface area contributed by atoms with Crippen LogP contribution in [-0.4, -0.2) is 64.4 Å². The highest BCUT2D eigenvalue weighted by Gasteiger charge is 2.25. The average molecular weight is 471 g/mol. The summed E-state index contributed by atoms with van der Waals surface area (Å²) in [5, 5.41) is 9.11. The highest BCUT2D eigenvalue weighted by Crippen LogP contribution is 2.32. The Hall–Kier alpha value is -3.12. The van der Waals surface area contributed by atoms with E-state index in [1.54, 1.807) is 6.07 Å². The van der Waals surface area contributed by atoms with E-state index in [1.807, 2.05) is 4.90 Å². The average Bonchev–Trinajstić information content (AvgIpc) is 2.77. The number of nitrogens with one attached hydrogen (secondary N) is 1. The molecule has 0 spiro atoms. The van der Waals surface area contributed by atoms with Crippen molar-refractivity contribution in [3.63, 3.8) is 0 Å². The minimum atomic E-state index is -3.99. The first-order valence-corrected chi connectivity index (χ1v) is 11.1. The van der Waals surface area contributed by atoms with Crippen molar-refractivity contribution in [3.8, 4) is 11.5 Å². The maximum absolute atomic E-state index is 12.9. The number of hydrogen-bond acceptors (Lipinski definition) is 6. The van der Waals surface area contributed by atoms with Crippen molar-refractivity contribution in [3.05, 3.63) is 48.0 Å². The number of hydrogen-bond donors (Lipinski definition) is 2. The van der Waals surface area contributed by atoms with E-state index in [0.717, 1.165) is 0 Å². The van der Waals surface area contributed by atoms with E-state index in [4.69, 9.17) is 9.84 Å². The van der Waals surface area contributed by atoms with Crippen LogP contribution < -0.4 is 19.1 Å². The molecule has 2 aromatic rings. The van der Waals surface area contributed by atoms with Crippen molar-refractivity contribution >= 4 is 21.8 Å². The predicted octanol–water partition coefficient (Wildman–Crippen LogP) is 2.58. The maximum Gasteiger partial charge on any atom is 0.407 e. The zero-order chi connectivity index (χ0) is 23.3. The first-order valence-electron chi connectivity index (χ1n) is 9.64. The number of alkyl halides is 2. The number of piperazine rings is 1. The Labute approximate surface area is 184 Å². The lowest BCUT2D eigenvalue weighted by atomic mass is 10.2. The summed E-state index contributed by atoms with van der Waals surface area (Å²) in [7, 11) is -2.54. The first-order chi connectivity index (χ1) is 15.2. The lowest BCUT2D eigenvalue weighted by molar-refractivity contribution is -0.0504. The number of para-hydroxylation sites is 1. The van der Waals surface area contributed by atoms with Crippen LogP contribution in [0.1, 0.15) is 5.56 Å². The lowest BCUT2D eigenvalue weighted by Crippen LogP contribution is -2.48.